The van der Waals surface area contributed by atoms with Gasteiger partial charge in [0.15, 0.2) is 0 Å². The molecule has 0 radical (unpaired) electrons. The van der Waals surface area contributed by atoms with Crippen LogP contribution < -0.4 is 0 Å². The third-order valence-electron chi connectivity index (χ3n) is 3.96. The quantitative estimate of drug-likeness (QED) is 0.865. The van der Waals surface area contributed by atoms with Gasteiger partial charge in [0.25, 0.3) is 5.91 Å². The number of nitrogens with one attached hydrogen (secondary N) is 1. The molecule has 1 atom stereocenters. The van der Waals surface area contributed by atoms with Gasteiger partial charge in [0.05, 0.1) is 0 Å². The minimum atomic E-state index is -1.02. The molecule has 0 aliphatic carbocycles. The fourth-order valence-electron chi connectivity index (χ4n) is 2.87. The van der Waals surface area contributed by atoms with Crippen molar-refractivity contribution in [2.24, 2.45) is 0 Å². The van der Waals surface area contributed by atoms with E-state index in [4.69, 9.17) is 5.11 Å². The second-order valence-electron chi connectivity index (χ2n) is 5.50. The van der Waals surface area contributed by atoms with Gasteiger partial charge < -0.3 is 19.9 Å². The topological polar surface area (TPSA) is 93.7 Å². The largest absolute Gasteiger partial charge is 0.480 e. The summed E-state index contributed by atoms with van der Waals surface area (Å²) in [7, 11) is 0. The Morgan fingerprint density at radius 1 is 1.36 bits per heavy atom. The number of carbonyl (C=O) groups excluding carboxylic acids is 2. The molecule has 2 N–H and O–H groups in total. The number of likely N-dealkylation sites (tertiary alicyclic amines) is 1. The number of aromatic amines is 1. The van der Waals surface area contributed by atoms with Crippen molar-refractivity contribution in [3.63, 3.8) is 0 Å². The minimum Gasteiger partial charge on any atom is -0.480 e. The number of aliphatic carboxylic acids is 1. The zero-order valence-electron chi connectivity index (χ0n) is 12.6. The van der Waals surface area contributed by atoms with Gasteiger partial charge in [-0.15, -0.1) is 0 Å². The molecule has 1 aromatic heterocycles. The molecule has 2 rings (SSSR count). The smallest absolute Gasteiger partial charge is 0.323 e. The molecule has 1 unspecified atom stereocenters. The highest BCUT2D eigenvalue weighted by molar-refractivity contribution is 5.92. The Labute approximate surface area is 128 Å². The molecule has 7 nitrogen and oxygen atoms in total. The van der Waals surface area contributed by atoms with Gasteiger partial charge in [0.1, 0.15) is 12.2 Å². The van der Waals surface area contributed by atoms with E-state index in [0.29, 0.717) is 31.6 Å². The lowest BCUT2D eigenvalue weighted by atomic mass is 10.1. The maximum atomic E-state index is 12.3. The predicted octanol–water partition coefficient (Wildman–Crippen LogP) is 0.942. The van der Waals surface area contributed by atoms with Crippen LogP contribution in [-0.2, 0) is 9.59 Å². The molecular formula is C15H21N3O4. The van der Waals surface area contributed by atoms with E-state index in [1.807, 2.05) is 0 Å². The standard InChI is InChI=1S/C15H21N3O4/c1-11(19)18(10-14(20)21)12-4-3-8-17(9-6-12)15(22)13-5-2-7-16-13/h2,5,7,12,16H,3-4,6,8-10H2,1H3,(H,20,21). The van der Waals surface area contributed by atoms with Gasteiger partial charge >= 0.3 is 5.97 Å². The van der Waals surface area contributed by atoms with Crippen molar-refractivity contribution >= 4 is 17.8 Å². The van der Waals surface area contributed by atoms with Gasteiger partial charge in [-0.2, -0.15) is 0 Å². The Bertz CT molecular complexity index is 541. The molecule has 2 heterocycles. The van der Waals surface area contributed by atoms with Gasteiger partial charge in [-0.3, -0.25) is 14.4 Å². The number of carboxylic acid groups (broad SMARTS) is 1. The molecule has 22 heavy (non-hydrogen) atoms. The summed E-state index contributed by atoms with van der Waals surface area (Å²) in [5, 5.41) is 8.94. The number of carboxylic acids is 1. The van der Waals surface area contributed by atoms with Crippen molar-refractivity contribution in [1.82, 2.24) is 14.8 Å². The highest BCUT2D eigenvalue weighted by Crippen LogP contribution is 2.18. The Morgan fingerprint density at radius 3 is 2.73 bits per heavy atom. The number of hydrogen-bond donors (Lipinski definition) is 2. The minimum absolute atomic E-state index is 0.0572. The molecule has 1 aliphatic heterocycles. The van der Waals surface area contributed by atoms with Crippen molar-refractivity contribution in [3.8, 4) is 0 Å². The first kappa shape index (κ1) is 16.1. The second kappa shape index (κ2) is 7.11. The highest BCUT2D eigenvalue weighted by atomic mass is 16.4. The number of hydrogen-bond acceptors (Lipinski definition) is 3. The third kappa shape index (κ3) is 3.87. The summed E-state index contributed by atoms with van der Waals surface area (Å²) in [6, 6.07) is 3.38. The van der Waals surface area contributed by atoms with Crippen LogP contribution >= 0.6 is 0 Å². The molecule has 1 saturated heterocycles. The van der Waals surface area contributed by atoms with E-state index in [1.54, 1.807) is 23.2 Å². The summed E-state index contributed by atoms with van der Waals surface area (Å²) in [4.78, 5) is 40.9. The summed E-state index contributed by atoms with van der Waals surface area (Å²) in [6.45, 7) is 2.24. The van der Waals surface area contributed by atoms with Crippen molar-refractivity contribution < 1.29 is 19.5 Å². The lowest BCUT2D eigenvalue weighted by Gasteiger charge is -2.28. The van der Waals surface area contributed by atoms with Crippen LogP contribution in [0.25, 0.3) is 0 Å². The number of H-pyrrole nitrogens is 1. The Hall–Kier alpha value is -2.31. The van der Waals surface area contributed by atoms with E-state index in [2.05, 4.69) is 4.98 Å². The van der Waals surface area contributed by atoms with Crippen molar-refractivity contribution in [1.29, 1.82) is 0 Å². The fraction of sp³-hybridized carbons (Fsp3) is 0.533. The van der Waals surface area contributed by atoms with E-state index in [0.717, 1.165) is 6.42 Å². The number of rotatable bonds is 4. The second-order valence-corrected chi connectivity index (χ2v) is 5.50. The van der Waals surface area contributed by atoms with Crippen LogP contribution in [0.1, 0.15) is 36.7 Å². The molecule has 1 fully saturated rings. The summed E-state index contributed by atoms with van der Waals surface area (Å²) >= 11 is 0. The maximum absolute atomic E-state index is 12.3. The molecule has 0 spiro atoms. The summed E-state index contributed by atoms with van der Waals surface area (Å²) in [6.07, 6.45) is 3.76. The number of nitrogens with zero attached hydrogens (tertiary/aromatic N) is 2. The maximum Gasteiger partial charge on any atom is 0.323 e. The SMILES string of the molecule is CC(=O)N(CC(=O)O)C1CCCN(C(=O)c2ccc[nH]2)CC1. The zero-order chi connectivity index (χ0) is 16.1. The normalized spacial score (nSPS) is 18.6. The molecular weight excluding hydrogens is 286 g/mol. The van der Waals surface area contributed by atoms with Crippen molar-refractivity contribution in [2.45, 2.75) is 32.2 Å². The van der Waals surface area contributed by atoms with Crippen LogP contribution in [0.5, 0.6) is 0 Å². The van der Waals surface area contributed by atoms with Crippen LogP contribution in [0.2, 0.25) is 0 Å². The van der Waals surface area contributed by atoms with Gasteiger partial charge in [0.2, 0.25) is 5.91 Å². The first-order valence-electron chi connectivity index (χ1n) is 7.40. The fourth-order valence-corrected chi connectivity index (χ4v) is 2.87. The molecule has 0 aromatic carbocycles. The summed E-state index contributed by atoms with van der Waals surface area (Å²) in [5.74, 6) is -1.31. The van der Waals surface area contributed by atoms with Crippen LogP contribution in [-0.4, -0.2) is 63.4 Å². The molecule has 2 amide bonds. The van der Waals surface area contributed by atoms with E-state index in [1.165, 1.54) is 11.8 Å². The van der Waals surface area contributed by atoms with Crippen molar-refractivity contribution in [3.05, 3.63) is 24.0 Å². The predicted molar refractivity (Wildman–Crippen MR) is 79.4 cm³/mol. The van der Waals surface area contributed by atoms with E-state index >= 15 is 0 Å². The molecule has 120 valence electrons. The van der Waals surface area contributed by atoms with Crippen LogP contribution in [0.4, 0.5) is 0 Å². The van der Waals surface area contributed by atoms with E-state index in [9.17, 15) is 14.4 Å². The van der Waals surface area contributed by atoms with Gasteiger partial charge in [-0.25, -0.2) is 0 Å². The van der Waals surface area contributed by atoms with E-state index < -0.39 is 5.97 Å². The number of aromatic nitrogens is 1. The Balaban J connectivity index is 2.01. The third-order valence-corrected chi connectivity index (χ3v) is 3.96. The van der Waals surface area contributed by atoms with Gasteiger partial charge in [0, 0.05) is 32.3 Å². The molecule has 1 aromatic rings. The Kier molecular flexibility index (Phi) is 5.19. The monoisotopic (exact) mass is 307 g/mol. The average Bonchev–Trinajstić information content (AvgIpc) is 2.89. The van der Waals surface area contributed by atoms with Crippen LogP contribution in [0.3, 0.4) is 0 Å². The first-order valence-corrected chi connectivity index (χ1v) is 7.40. The molecule has 7 heteroatoms. The molecule has 0 saturated carbocycles. The van der Waals surface area contributed by atoms with Gasteiger partial charge in [-0.1, -0.05) is 0 Å². The lowest BCUT2D eigenvalue weighted by Crippen LogP contribution is -2.43. The average molecular weight is 307 g/mol. The highest BCUT2D eigenvalue weighted by Gasteiger charge is 2.28. The van der Waals surface area contributed by atoms with Crippen LogP contribution in [0.15, 0.2) is 18.3 Å². The van der Waals surface area contributed by atoms with Crippen molar-refractivity contribution in [2.75, 3.05) is 19.6 Å². The number of carbonyl (C=O) groups is 3. The zero-order valence-corrected chi connectivity index (χ0v) is 12.6. The molecule has 1 aliphatic rings. The molecule has 0 bridgehead atoms. The van der Waals surface area contributed by atoms with E-state index in [-0.39, 0.29) is 24.4 Å². The summed E-state index contributed by atoms with van der Waals surface area (Å²) < 4.78 is 0. The van der Waals surface area contributed by atoms with Gasteiger partial charge in [-0.05, 0) is 31.4 Å². The summed E-state index contributed by atoms with van der Waals surface area (Å²) in [5.41, 5.74) is 0.549. The van der Waals surface area contributed by atoms with Crippen LogP contribution in [0, 0.1) is 0 Å². The first-order chi connectivity index (χ1) is 10.5. The Morgan fingerprint density at radius 2 is 2.14 bits per heavy atom. The number of amides is 2. The lowest BCUT2D eigenvalue weighted by molar-refractivity contribution is -0.145.